The first-order valence-corrected chi connectivity index (χ1v) is 9.65. The van der Waals surface area contributed by atoms with Gasteiger partial charge in [0.1, 0.15) is 17.0 Å². The lowest BCUT2D eigenvalue weighted by atomic mass is 9.89. The summed E-state index contributed by atoms with van der Waals surface area (Å²) in [5.41, 5.74) is 0.829. The second kappa shape index (κ2) is 6.92. The molecule has 1 aromatic carbocycles. The van der Waals surface area contributed by atoms with Crippen LogP contribution < -0.4 is 4.90 Å². The zero-order valence-corrected chi connectivity index (χ0v) is 15.1. The molecule has 0 aliphatic carbocycles. The molecular weight excluding hydrogens is 330 g/mol. The number of fused-ring (bicyclic) bond motifs is 1. The van der Waals surface area contributed by atoms with Crippen LogP contribution in [0.15, 0.2) is 42.7 Å². The normalized spacial score (nSPS) is 15.6. The fraction of sp³-hybridized carbons (Fsp3) is 0.350. The Bertz CT molecular complexity index is 882. The standard InChI is InChI=1S/C20H21N3OS/c1-2-16-12-17-19(21-13-22-20(17)25-16)23-10-8-15(9-11-23)18(24)14-6-4-3-5-7-14/h3-7,12-13,15H,2,8-11H2,1H3. The van der Waals surface area contributed by atoms with Crippen molar-refractivity contribution in [3.8, 4) is 0 Å². The molecule has 0 saturated carbocycles. The Morgan fingerprint density at radius 1 is 1.20 bits per heavy atom. The molecule has 0 spiro atoms. The highest BCUT2D eigenvalue weighted by Gasteiger charge is 2.27. The van der Waals surface area contributed by atoms with Crippen LogP contribution in [0.25, 0.3) is 10.2 Å². The van der Waals surface area contributed by atoms with Crippen LogP contribution >= 0.6 is 11.3 Å². The van der Waals surface area contributed by atoms with Crippen molar-refractivity contribution in [2.45, 2.75) is 26.2 Å². The molecule has 1 saturated heterocycles. The molecule has 1 aliphatic heterocycles. The highest BCUT2D eigenvalue weighted by atomic mass is 32.1. The van der Waals surface area contributed by atoms with Crippen LogP contribution in [0.1, 0.15) is 35.0 Å². The maximum Gasteiger partial charge on any atom is 0.166 e. The molecule has 0 amide bonds. The van der Waals surface area contributed by atoms with Crippen molar-refractivity contribution < 1.29 is 4.79 Å². The van der Waals surface area contributed by atoms with Crippen LogP contribution in [0, 0.1) is 5.92 Å². The number of anilines is 1. The van der Waals surface area contributed by atoms with Gasteiger partial charge in [0.05, 0.1) is 5.39 Å². The number of Topliss-reactive ketones (excluding diaryl/α,β-unsaturated/α-hetero) is 1. The third-order valence-electron chi connectivity index (χ3n) is 4.93. The van der Waals surface area contributed by atoms with Crippen molar-refractivity contribution in [2.75, 3.05) is 18.0 Å². The van der Waals surface area contributed by atoms with Gasteiger partial charge in [0, 0.05) is 29.4 Å². The average molecular weight is 351 g/mol. The van der Waals surface area contributed by atoms with Crippen LogP contribution in [0.4, 0.5) is 5.82 Å². The quantitative estimate of drug-likeness (QED) is 0.656. The lowest BCUT2D eigenvalue weighted by molar-refractivity contribution is 0.0900. The van der Waals surface area contributed by atoms with Crippen LogP contribution in [0.3, 0.4) is 0 Å². The van der Waals surface area contributed by atoms with E-state index >= 15 is 0 Å². The Morgan fingerprint density at radius 2 is 1.96 bits per heavy atom. The van der Waals surface area contributed by atoms with Crippen LogP contribution in [-0.4, -0.2) is 28.8 Å². The minimum Gasteiger partial charge on any atom is -0.356 e. The topological polar surface area (TPSA) is 46.1 Å². The molecule has 0 unspecified atom stereocenters. The van der Waals surface area contributed by atoms with Gasteiger partial charge in [-0.3, -0.25) is 4.79 Å². The zero-order valence-electron chi connectivity index (χ0n) is 14.3. The molecular formula is C20H21N3OS. The summed E-state index contributed by atoms with van der Waals surface area (Å²) in [5, 5.41) is 1.15. The molecule has 25 heavy (non-hydrogen) atoms. The van der Waals surface area contributed by atoms with Crippen molar-refractivity contribution in [1.29, 1.82) is 0 Å². The SMILES string of the molecule is CCc1cc2c(N3CCC(C(=O)c4ccccc4)CC3)ncnc2s1. The number of rotatable bonds is 4. The van der Waals surface area contributed by atoms with Crippen molar-refractivity contribution >= 4 is 33.2 Å². The molecule has 3 heterocycles. The number of aryl methyl sites for hydroxylation is 1. The lowest BCUT2D eigenvalue weighted by Gasteiger charge is -2.32. The number of aromatic nitrogens is 2. The Morgan fingerprint density at radius 3 is 2.68 bits per heavy atom. The summed E-state index contributed by atoms with van der Waals surface area (Å²) in [6.45, 7) is 3.90. The molecule has 3 aromatic rings. The molecule has 4 nitrogen and oxygen atoms in total. The molecule has 4 rings (SSSR count). The summed E-state index contributed by atoms with van der Waals surface area (Å²) in [5.74, 6) is 1.41. The summed E-state index contributed by atoms with van der Waals surface area (Å²) >= 11 is 1.75. The highest BCUT2D eigenvalue weighted by Crippen LogP contribution is 2.33. The zero-order chi connectivity index (χ0) is 17.2. The van der Waals surface area contributed by atoms with E-state index in [9.17, 15) is 4.79 Å². The van der Waals surface area contributed by atoms with Crippen LogP contribution in [-0.2, 0) is 6.42 Å². The molecule has 1 aliphatic rings. The number of thiophene rings is 1. The van der Waals surface area contributed by atoms with Gasteiger partial charge in [-0.2, -0.15) is 0 Å². The number of carbonyl (C=O) groups excluding carboxylic acids is 1. The molecule has 0 N–H and O–H groups in total. The fourth-order valence-electron chi connectivity index (χ4n) is 3.51. The second-order valence-corrected chi connectivity index (χ2v) is 7.59. The Balaban J connectivity index is 1.51. The lowest BCUT2D eigenvalue weighted by Crippen LogP contribution is -2.37. The van der Waals surface area contributed by atoms with E-state index in [-0.39, 0.29) is 11.7 Å². The van der Waals surface area contributed by atoms with E-state index in [1.165, 1.54) is 4.88 Å². The summed E-state index contributed by atoms with van der Waals surface area (Å²) in [6.07, 6.45) is 4.44. The van der Waals surface area contributed by atoms with Gasteiger partial charge < -0.3 is 4.90 Å². The Labute approximate surface area is 151 Å². The minimum absolute atomic E-state index is 0.115. The first-order chi connectivity index (χ1) is 12.3. The van der Waals surface area contributed by atoms with Gasteiger partial charge in [-0.25, -0.2) is 9.97 Å². The number of hydrogen-bond donors (Lipinski definition) is 0. The molecule has 0 radical (unpaired) electrons. The van der Waals surface area contributed by atoms with Gasteiger partial charge in [-0.15, -0.1) is 11.3 Å². The van der Waals surface area contributed by atoms with Crippen molar-refractivity contribution in [3.05, 3.63) is 53.2 Å². The van der Waals surface area contributed by atoms with E-state index in [0.29, 0.717) is 0 Å². The number of hydrogen-bond acceptors (Lipinski definition) is 5. The maximum absolute atomic E-state index is 12.7. The molecule has 2 aromatic heterocycles. The Kier molecular flexibility index (Phi) is 4.49. The first-order valence-electron chi connectivity index (χ1n) is 8.84. The number of benzene rings is 1. The van der Waals surface area contributed by atoms with Crippen LogP contribution in [0.2, 0.25) is 0 Å². The summed E-state index contributed by atoms with van der Waals surface area (Å²) in [6, 6.07) is 11.9. The average Bonchev–Trinajstić information content (AvgIpc) is 3.12. The predicted octanol–water partition coefficient (Wildman–Crippen LogP) is 4.35. The second-order valence-electron chi connectivity index (χ2n) is 6.47. The van der Waals surface area contributed by atoms with Gasteiger partial charge in [-0.05, 0) is 25.3 Å². The fourth-order valence-corrected chi connectivity index (χ4v) is 4.44. The monoisotopic (exact) mass is 351 g/mol. The summed E-state index contributed by atoms with van der Waals surface area (Å²) in [7, 11) is 0. The van der Waals surface area contributed by atoms with E-state index in [1.807, 2.05) is 30.3 Å². The van der Waals surface area contributed by atoms with Crippen LogP contribution in [0.5, 0.6) is 0 Å². The van der Waals surface area contributed by atoms with E-state index in [4.69, 9.17) is 0 Å². The van der Waals surface area contributed by atoms with Gasteiger partial charge in [0.25, 0.3) is 0 Å². The van der Waals surface area contributed by atoms with E-state index < -0.39 is 0 Å². The summed E-state index contributed by atoms with van der Waals surface area (Å²) < 4.78 is 0. The van der Waals surface area contributed by atoms with Crippen molar-refractivity contribution in [1.82, 2.24) is 9.97 Å². The third-order valence-corrected chi connectivity index (χ3v) is 6.12. The molecule has 0 atom stereocenters. The van der Waals surface area contributed by atoms with Gasteiger partial charge in [0.15, 0.2) is 5.78 Å². The van der Waals surface area contributed by atoms with Gasteiger partial charge >= 0.3 is 0 Å². The number of carbonyl (C=O) groups is 1. The molecule has 1 fully saturated rings. The third kappa shape index (κ3) is 3.16. The maximum atomic E-state index is 12.7. The molecule has 128 valence electrons. The van der Waals surface area contributed by atoms with E-state index in [0.717, 1.165) is 53.9 Å². The number of ketones is 1. The van der Waals surface area contributed by atoms with E-state index in [1.54, 1.807) is 17.7 Å². The van der Waals surface area contributed by atoms with Gasteiger partial charge in [0.2, 0.25) is 0 Å². The van der Waals surface area contributed by atoms with Crippen molar-refractivity contribution in [3.63, 3.8) is 0 Å². The number of piperidine rings is 1. The Hall–Kier alpha value is -2.27. The van der Waals surface area contributed by atoms with Crippen molar-refractivity contribution in [2.24, 2.45) is 5.92 Å². The molecule has 5 heteroatoms. The number of nitrogens with zero attached hydrogens (tertiary/aromatic N) is 3. The van der Waals surface area contributed by atoms with Gasteiger partial charge in [-0.1, -0.05) is 37.3 Å². The predicted molar refractivity (Wildman–Crippen MR) is 103 cm³/mol. The summed E-state index contributed by atoms with van der Waals surface area (Å²) in [4.78, 5) is 26.3. The molecule has 0 bridgehead atoms. The smallest absolute Gasteiger partial charge is 0.166 e. The van der Waals surface area contributed by atoms with E-state index in [2.05, 4.69) is 27.9 Å². The first kappa shape index (κ1) is 16.2. The largest absolute Gasteiger partial charge is 0.356 e. The minimum atomic E-state index is 0.115. The highest BCUT2D eigenvalue weighted by molar-refractivity contribution is 7.18.